The van der Waals surface area contributed by atoms with Crippen LogP contribution in [-0.4, -0.2) is 32.3 Å². The Morgan fingerprint density at radius 3 is 2.68 bits per heavy atom. The summed E-state index contributed by atoms with van der Waals surface area (Å²) >= 11 is 7.46. The van der Waals surface area contributed by atoms with Gasteiger partial charge in [0.25, 0.3) is 0 Å². The minimum absolute atomic E-state index is 0.172. The molecule has 0 aliphatic carbocycles. The summed E-state index contributed by atoms with van der Waals surface area (Å²) in [6, 6.07) is 3.77. The van der Waals surface area contributed by atoms with Crippen LogP contribution in [0.2, 0.25) is 5.02 Å². The molecule has 0 aliphatic rings. The summed E-state index contributed by atoms with van der Waals surface area (Å²) in [7, 11) is 1.79. The second-order valence-corrected chi connectivity index (χ2v) is 7.05. The molecule has 25 heavy (non-hydrogen) atoms. The maximum atomic E-state index is 12.2. The van der Waals surface area contributed by atoms with Gasteiger partial charge in [-0.2, -0.15) is 0 Å². The second-order valence-electron chi connectivity index (χ2n) is 5.70. The molecule has 0 unspecified atom stereocenters. The normalized spacial score (nSPS) is 10.7. The lowest BCUT2D eigenvalue weighted by Crippen LogP contribution is -2.16. The molecule has 1 aromatic carbocycles. The molecule has 0 bridgehead atoms. The number of anilines is 1. The molecule has 0 saturated carbocycles. The minimum atomic E-state index is -0.387. The van der Waals surface area contributed by atoms with E-state index in [9.17, 15) is 9.59 Å². The Labute approximate surface area is 155 Å². The number of aromatic nitrogens is 3. The fraction of sp³-hybridized carbons (Fsp3) is 0.375. The Balaban J connectivity index is 1.96. The zero-order chi connectivity index (χ0) is 18.6. The number of amides is 2. The summed E-state index contributed by atoms with van der Waals surface area (Å²) in [5.41, 5.74) is 7.71. The minimum Gasteiger partial charge on any atom is -0.370 e. The first-order valence-corrected chi connectivity index (χ1v) is 9.00. The molecular weight excluding hydrogens is 362 g/mol. The number of carbonyl (C=O) groups excluding carboxylic acids is 2. The van der Waals surface area contributed by atoms with Gasteiger partial charge in [0.1, 0.15) is 5.82 Å². The van der Waals surface area contributed by atoms with Gasteiger partial charge in [-0.15, -0.1) is 10.2 Å². The van der Waals surface area contributed by atoms with Crippen LogP contribution >= 0.6 is 23.4 Å². The second kappa shape index (κ2) is 8.35. The van der Waals surface area contributed by atoms with E-state index in [0.717, 1.165) is 11.1 Å². The van der Waals surface area contributed by atoms with Gasteiger partial charge in [0.05, 0.1) is 16.5 Å². The Hall–Kier alpha value is -2.06. The number of carbonyl (C=O) groups is 2. The van der Waals surface area contributed by atoms with Gasteiger partial charge >= 0.3 is 0 Å². The number of halogens is 1. The predicted molar refractivity (Wildman–Crippen MR) is 98.8 cm³/mol. The number of hydrogen-bond donors (Lipinski definition) is 2. The summed E-state index contributed by atoms with van der Waals surface area (Å²) in [6.45, 7) is 3.85. The van der Waals surface area contributed by atoms with Gasteiger partial charge in [0.2, 0.25) is 11.8 Å². The average molecular weight is 382 g/mol. The number of thioether (sulfide) groups is 1. The molecule has 0 saturated heterocycles. The summed E-state index contributed by atoms with van der Waals surface area (Å²) in [5.74, 6) is 0.257. The van der Waals surface area contributed by atoms with Crippen molar-refractivity contribution in [2.75, 3.05) is 11.1 Å². The molecule has 0 spiro atoms. The van der Waals surface area contributed by atoms with E-state index in [1.165, 1.54) is 11.8 Å². The van der Waals surface area contributed by atoms with E-state index in [1.807, 2.05) is 26.0 Å². The van der Waals surface area contributed by atoms with E-state index in [0.29, 0.717) is 28.1 Å². The van der Waals surface area contributed by atoms with E-state index in [-0.39, 0.29) is 24.0 Å². The molecule has 0 radical (unpaired) electrons. The number of rotatable bonds is 7. The van der Waals surface area contributed by atoms with Crippen molar-refractivity contribution in [1.82, 2.24) is 14.8 Å². The van der Waals surface area contributed by atoms with Crippen molar-refractivity contribution in [1.29, 1.82) is 0 Å². The van der Waals surface area contributed by atoms with E-state index in [4.69, 9.17) is 17.3 Å². The molecule has 2 amide bonds. The molecule has 3 N–H and O–H groups in total. The van der Waals surface area contributed by atoms with Crippen molar-refractivity contribution >= 4 is 40.9 Å². The Bertz CT molecular complexity index is 783. The fourth-order valence-corrected chi connectivity index (χ4v) is 3.40. The maximum absolute atomic E-state index is 12.2. The van der Waals surface area contributed by atoms with Gasteiger partial charge in [-0.25, -0.2) is 0 Å². The van der Waals surface area contributed by atoms with Crippen LogP contribution in [0.15, 0.2) is 17.3 Å². The molecule has 1 heterocycles. The molecule has 2 rings (SSSR count). The highest BCUT2D eigenvalue weighted by Crippen LogP contribution is 2.27. The van der Waals surface area contributed by atoms with Gasteiger partial charge < -0.3 is 15.6 Å². The predicted octanol–water partition coefficient (Wildman–Crippen LogP) is 2.23. The summed E-state index contributed by atoms with van der Waals surface area (Å²) < 4.78 is 1.75. The van der Waals surface area contributed by atoms with Crippen molar-refractivity contribution in [2.45, 2.75) is 31.8 Å². The molecule has 1 aromatic heterocycles. The molecule has 0 fully saturated rings. The smallest absolute Gasteiger partial charge is 0.234 e. The van der Waals surface area contributed by atoms with Crippen LogP contribution in [0.3, 0.4) is 0 Å². The molecule has 7 nitrogen and oxygen atoms in total. The Morgan fingerprint density at radius 1 is 1.32 bits per heavy atom. The molecule has 9 heteroatoms. The molecule has 0 aliphatic heterocycles. The van der Waals surface area contributed by atoms with Crippen LogP contribution in [-0.2, 0) is 23.1 Å². The summed E-state index contributed by atoms with van der Waals surface area (Å²) in [4.78, 5) is 23.1. The van der Waals surface area contributed by atoms with E-state index in [1.54, 1.807) is 11.6 Å². The quantitative estimate of drug-likeness (QED) is 0.716. The third-order valence-corrected chi connectivity index (χ3v) is 4.87. The van der Waals surface area contributed by atoms with Crippen LogP contribution < -0.4 is 11.1 Å². The van der Waals surface area contributed by atoms with Crippen molar-refractivity contribution in [3.05, 3.63) is 34.1 Å². The Kier molecular flexibility index (Phi) is 6.44. The zero-order valence-corrected chi connectivity index (χ0v) is 15.9. The highest BCUT2D eigenvalue weighted by molar-refractivity contribution is 7.99. The number of primary amides is 1. The van der Waals surface area contributed by atoms with Gasteiger partial charge in [0.15, 0.2) is 5.16 Å². The monoisotopic (exact) mass is 381 g/mol. The van der Waals surface area contributed by atoms with Crippen LogP contribution in [0.5, 0.6) is 0 Å². The van der Waals surface area contributed by atoms with Crippen LogP contribution in [0, 0.1) is 13.8 Å². The number of nitrogens with one attached hydrogen (secondary N) is 1. The van der Waals surface area contributed by atoms with Gasteiger partial charge in [0, 0.05) is 19.9 Å². The standard InChI is InChI=1S/C16H20ClN5O2S/c1-9-6-10(2)15(11(17)7-9)19-14(24)8-25-16-21-20-13(22(16)3)5-4-12(18)23/h6-7H,4-5,8H2,1-3H3,(H2,18,23)(H,19,24). The van der Waals surface area contributed by atoms with Crippen LogP contribution in [0.4, 0.5) is 5.69 Å². The van der Waals surface area contributed by atoms with E-state index >= 15 is 0 Å². The summed E-state index contributed by atoms with van der Waals surface area (Å²) in [6.07, 6.45) is 0.631. The molecular formula is C16H20ClN5O2S. The molecule has 2 aromatic rings. The van der Waals surface area contributed by atoms with Gasteiger partial charge in [-0.3, -0.25) is 9.59 Å². The number of nitrogens with two attached hydrogens (primary N) is 1. The first-order valence-electron chi connectivity index (χ1n) is 7.64. The van der Waals surface area contributed by atoms with Gasteiger partial charge in [-0.1, -0.05) is 29.4 Å². The molecule has 134 valence electrons. The van der Waals surface area contributed by atoms with Crippen LogP contribution in [0.25, 0.3) is 0 Å². The first kappa shape index (κ1) is 19.3. The lowest BCUT2D eigenvalue weighted by atomic mass is 10.1. The average Bonchev–Trinajstić information content (AvgIpc) is 2.87. The van der Waals surface area contributed by atoms with Gasteiger partial charge in [-0.05, 0) is 31.0 Å². The lowest BCUT2D eigenvalue weighted by molar-refractivity contribution is -0.118. The zero-order valence-electron chi connectivity index (χ0n) is 14.3. The highest BCUT2D eigenvalue weighted by atomic mass is 35.5. The lowest BCUT2D eigenvalue weighted by Gasteiger charge is -2.11. The topological polar surface area (TPSA) is 103 Å². The largest absolute Gasteiger partial charge is 0.370 e. The summed E-state index contributed by atoms with van der Waals surface area (Å²) in [5, 5.41) is 12.0. The highest BCUT2D eigenvalue weighted by Gasteiger charge is 2.14. The number of benzene rings is 1. The third kappa shape index (κ3) is 5.20. The van der Waals surface area contributed by atoms with E-state index < -0.39 is 0 Å². The first-order chi connectivity index (χ1) is 11.8. The number of hydrogen-bond acceptors (Lipinski definition) is 5. The van der Waals surface area contributed by atoms with Crippen molar-refractivity contribution in [2.24, 2.45) is 12.8 Å². The number of nitrogens with zero attached hydrogens (tertiary/aromatic N) is 3. The van der Waals surface area contributed by atoms with Crippen LogP contribution in [0.1, 0.15) is 23.4 Å². The van der Waals surface area contributed by atoms with Crippen molar-refractivity contribution in [3.8, 4) is 0 Å². The number of aryl methyl sites for hydroxylation is 3. The fourth-order valence-electron chi connectivity index (χ4n) is 2.30. The van der Waals surface area contributed by atoms with Crippen molar-refractivity contribution < 1.29 is 9.59 Å². The molecule has 0 atom stereocenters. The van der Waals surface area contributed by atoms with E-state index in [2.05, 4.69) is 15.5 Å². The Morgan fingerprint density at radius 2 is 2.04 bits per heavy atom. The maximum Gasteiger partial charge on any atom is 0.234 e. The third-order valence-electron chi connectivity index (χ3n) is 3.55. The SMILES string of the molecule is Cc1cc(C)c(NC(=O)CSc2nnc(CCC(N)=O)n2C)c(Cl)c1. The van der Waals surface area contributed by atoms with Crippen molar-refractivity contribution in [3.63, 3.8) is 0 Å².